The normalized spacial score (nSPS) is 14.1. The topological polar surface area (TPSA) is 71.3 Å². The Kier molecular flexibility index (Phi) is 5.37. The number of aryl methyl sites for hydroxylation is 1. The molecule has 1 amide bonds. The minimum atomic E-state index is -0.128. The standard InChI is InChI=1S/C22H24N4O2/c1-16-5-10-19(28-16)15-24-21(27)18-8-6-17(7-9-18)20-11-12-23-22(25-20)26-13-3-2-4-14-26/h5-12H,2-4,13-15H2,1H3,(H,24,27). The molecule has 1 fully saturated rings. The molecule has 0 bridgehead atoms. The Morgan fingerprint density at radius 2 is 1.86 bits per heavy atom. The molecule has 4 rings (SSSR count). The lowest BCUT2D eigenvalue weighted by Gasteiger charge is -2.26. The van der Waals surface area contributed by atoms with Crippen LogP contribution in [0.1, 0.15) is 41.1 Å². The van der Waals surface area contributed by atoms with E-state index in [9.17, 15) is 4.79 Å². The number of benzene rings is 1. The number of anilines is 1. The molecule has 0 unspecified atom stereocenters. The first-order chi connectivity index (χ1) is 13.7. The zero-order valence-corrected chi connectivity index (χ0v) is 16.0. The first-order valence-electron chi connectivity index (χ1n) is 9.71. The van der Waals surface area contributed by atoms with Crippen molar-refractivity contribution in [3.05, 3.63) is 65.7 Å². The summed E-state index contributed by atoms with van der Waals surface area (Å²) in [5.41, 5.74) is 2.45. The number of hydrogen-bond acceptors (Lipinski definition) is 5. The number of furan rings is 1. The molecule has 2 aromatic heterocycles. The van der Waals surface area contributed by atoms with Crippen LogP contribution >= 0.6 is 0 Å². The van der Waals surface area contributed by atoms with E-state index in [0.717, 1.165) is 41.8 Å². The van der Waals surface area contributed by atoms with Gasteiger partial charge in [-0.25, -0.2) is 9.97 Å². The Labute approximate surface area is 164 Å². The Hall–Kier alpha value is -3.15. The summed E-state index contributed by atoms with van der Waals surface area (Å²) in [5, 5.41) is 2.87. The quantitative estimate of drug-likeness (QED) is 0.730. The van der Waals surface area contributed by atoms with Gasteiger partial charge < -0.3 is 14.6 Å². The number of aromatic nitrogens is 2. The van der Waals surface area contributed by atoms with Crippen molar-refractivity contribution in [1.29, 1.82) is 0 Å². The highest BCUT2D eigenvalue weighted by Gasteiger charge is 2.14. The van der Waals surface area contributed by atoms with Gasteiger partial charge in [0.1, 0.15) is 11.5 Å². The van der Waals surface area contributed by atoms with Crippen LogP contribution in [0.3, 0.4) is 0 Å². The summed E-state index contributed by atoms with van der Waals surface area (Å²) in [4.78, 5) is 23.7. The molecular weight excluding hydrogens is 352 g/mol. The van der Waals surface area contributed by atoms with Crippen LogP contribution in [0.15, 0.2) is 53.1 Å². The molecule has 3 heterocycles. The number of carbonyl (C=O) groups is 1. The molecule has 0 atom stereocenters. The second kappa shape index (κ2) is 8.25. The monoisotopic (exact) mass is 376 g/mol. The van der Waals surface area contributed by atoms with Crippen LogP contribution < -0.4 is 10.2 Å². The van der Waals surface area contributed by atoms with Crippen molar-refractivity contribution in [2.24, 2.45) is 0 Å². The van der Waals surface area contributed by atoms with E-state index in [1.165, 1.54) is 19.3 Å². The molecule has 1 N–H and O–H groups in total. The minimum Gasteiger partial charge on any atom is -0.465 e. The molecule has 1 saturated heterocycles. The van der Waals surface area contributed by atoms with Crippen LogP contribution in [0, 0.1) is 6.92 Å². The summed E-state index contributed by atoms with van der Waals surface area (Å²) in [6, 6.07) is 13.1. The van der Waals surface area contributed by atoms with Crippen molar-refractivity contribution < 1.29 is 9.21 Å². The third-order valence-electron chi connectivity index (χ3n) is 4.94. The van der Waals surface area contributed by atoms with Crippen LogP contribution in [0.2, 0.25) is 0 Å². The Bertz CT molecular complexity index is 943. The number of amides is 1. The van der Waals surface area contributed by atoms with Crippen molar-refractivity contribution in [3.63, 3.8) is 0 Å². The molecule has 6 heteroatoms. The predicted octanol–water partition coefficient (Wildman–Crippen LogP) is 3.97. The smallest absolute Gasteiger partial charge is 0.251 e. The summed E-state index contributed by atoms with van der Waals surface area (Å²) in [6.07, 6.45) is 5.46. The van der Waals surface area contributed by atoms with Crippen LogP contribution in [0.25, 0.3) is 11.3 Å². The van der Waals surface area contributed by atoms with Crippen LogP contribution in [0.5, 0.6) is 0 Å². The van der Waals surface area contributed by atoms with E-state index in [1.54, 1.807) is 6.20 Å². The van der Waals surface area contributed by atoms with Gasteiger partial charge in [-0.2, -0.15) is 0 Å². The van der Waals surface area contributed by atoms with Gasteiger partial charge in [-0.1, -0.05) is 12.1 Å². The minimum absolute atomic E-state index is 0.128. The number of hydrogen-bond donors (Lipinski definition) is 1. The number of nitrogens with zero attached hydrogens (tertiary/aromatic N) is 3. The third kappa shape index (κ3) is 4.22. The molecule has 0 saturated carbocycles. The number of piperidine rings is 1. The maximum atomic E-state index is 12.3. The van der Waals surface area contributed by atoms with Gasteiger partial charge in [0, 0.05) is 30.4 Å². The van der Waals surface area contributed by atoms with Crippen molar-refractivity contribution in [2.75, 3.05) is 18.0 Å². The predicted molar refractivity (Wildman–Crippen MR) is 108 cm³/mol. The molecule has 144 valence electrons. The summed E-state index contributed by atoms with van der Waals surface area (Å²) < 4.78 is 5.48. The van der Waals surface area contributed by atoms with Crippen molar-refractivity contribution in [3.8, 4) is 11.3 Å². The summed E-state index contributed by atoms with van der Waals surface area (Å²) in [7, 11) is 0. The lowest BCUT2D eigenvalue weighted by molar-refractivity contribution is 0.0948. The van der Waals surface area contributed by atoms with Gasteiger partial charge in [0.05, 0.1) is 12.2 Å². The van der Waals surface area contributed by atoms with E-state index in [-0.39, 0.29) is 5.91 Å². The molecule has 0 radical (unpaired) electrons. The highest BCUT2D eigenvalue weighted by Crippen LogP contribution is 2.21. The fourth-order valence-electron chi connectivity index (χ4n) is 3.40. The summed E-state index contributed by atoms with van der Waals surface area (Å²) in [5.74, 6) is 2.24. The first-order valence-corrected chi connectivity index (χ1v) is 9.71. The average Bonchev–Trinajstić information content (AvgIpc) is 3.18. The Balaban J connectivity index is 1.43. The number of nitrogens with one attached hydrogen (secondary N) is 1. The molecule has 1 aliphatic rings. The van der Waals surface area contributed by atoms with Gasteiger partial charge in [-0.3, -0.25) is 4.79 Å². The van der Waals surface area contributed by atoms with Gasteiger partial charge >= 0.3 is 0 Å². The first kappa shape index (κ1) is 18.2. The highest BCUT2D eigenvalue weighted by atomic mass is 16.3. The van der Waals surface area contributed by atoms with E-state index >= 15 is 0 Å². The Morgan fingerprint density at radius 1 is 1.07 bits per heavy atom. The van der Waals surface area contributed by atoms with Gasteiger partial charge in [-0.05, 0) is 56.5 Å². The van der Waals surface area contributed by atoms with E-state index in [1.807, 2.05) is 49.4 Å². The van der Waals surface area contributed by atoms with Crippen molar-refractivity contribution in [1.82, 2.24) is 15.3 Å². The molecule has 0 aliphatic carbocycles. The second-order valence-electron chi connectivity index (χ2n) is 7.06. The maximum Gasteiger partial charge on any atom is 0.251 e. The maximum absolute atomic E-state index is 12.3. The lowest BCUT2D eigenvalue weighted by atomic mass is 10.1. The molecule has 6 nitrogen and oxygen atoms in total. The molecular formula is C22H24N4O2. The van der Waals surface area contributed by atoms with Gasteiger partial charge in [-0.15, -0.1) is 0 Å². The fraction of sp³-hybridized carbons (Fsp3) is 0.318. The van der Waals surface area contributed by atoms with Crippen LogP contribution in [0.4, 0.5) is 5.95 Å². The molecule has 1 aromatic carbocycles. The largest absolute Gasteiger partial charge is 0.465 e. The van der Waals surface area contributed by atoms with Crippen LogP contribution in [-0.4, -0.2) is 29.0 Å². The van der Waals surface area contributed by atoms with Gasteiger partial charge in [0.15, 0.2) is 0 Å². The second-order valence-corrected chi connectivity index (χ2v) is 7.06. The molecule has 0 spiro atoms. The highest BCUT2D eigenvalue weighted by molar-refractivity contribution is 5.94. The zero-order valence-electron chi connectivity index (χ0n) is 16.0. The van der Waals surface area contributed by atoms with Gasteiger partial charge in [0.2, 0.25) is 5.95 Å². The number of rotatable bonds is 5. The van der Waals surface area contributed by atoms with E-state index in [4.69, 9.17) is 9.40 Å². The Morgan fingerprint density at radius 3 is 2.57 bits per heavy atom. The fourth-order valence-corrected chi connectivity index (χ4v) is 3.40. The molecule has 28 heavy (non-hydrogen) atoms. The molecule has 1 aliphatic heterocycles. The summed E-state index contributed by atoms with van der Waals surface area (Å²) >= 11 is 0. The third-order valence-corrected chi connectivity index (χ3v) is 4.94. The summed E-state index contributed by atoms with van der Waals surface area (Å²) in [6.45, 7) is 4.28. The van der Waals surface area contributed by atoms with E-state index in [0.29, 0.717) is 12.1 Å². The van der Waals surface area contributed by atoms with Crippen molar-refractivity contribution >= 4 is 11.9 Å². The average molecular weight is 376 g/mol. The molecule has 3 aromatic rings. The van der Waals surface area contributed by atoms with Crippen molar-refractivity contribution in [2.45, 2.75) is 32.7 Å². The number of carbonyl (C=O) groups excluding carboxylic acids is 1. The van der Waals surface area contributed by atoms with Gasteiger partial charge in [0.25, 0.3) is 5.91 Å². The zero-order chi connectivity index (χ0) is 19.3. The van der Waals surface area contributed by atoms with E-state index < -0.39 is 0 Å². The van der Waals surface area contributed by atoms with E-state index in [2.05, 4.69) is 15.2 Å². The SMILES string of the molecule is Cc1ccc(CNC(=O)c2ccc(-c3ccnc(N4CCCCC4)n3)cc2)o1. The lowest BCUT2D eigenvalue weighted by Crippen LogP contribution is -2.30. The van der Waals surface area contributed by atoms with Crippen LogP contribution in [-0.2, 0) is 6.54 Å².